The van der Waals surface area contributed by atoms with Crippen molar-refractivity contribution in [2.75, 3.05) is 23.3 Å². The number of nitrogens with one attached hydrogen (secondary N) is 1. The van der Waals surface area contributed by atoms with E-state index in [1.165, 1.54) is 19.3 Å². The highest BCUT2D eigenvalue weighted by Crippen LogP contribution is 2.35. The molecule has 1 aromatic carbocycles. The first kappa shape index (κ1) is 18.2. The summed E-state index contributed by atoms with van der Waals surface area (Å²) in [6, 6.07) is 7.31. The van der Waals surface area contributed by atoms with E-state index < -0.39 is 0 Å². The van der Waals surface area contributed by atoms with Crippen molar-refractivity contribution in [3.63, 3.8) is 0 Å². The van der Waals surface area contributed by atoms with E-state index in [2.05, 4.69) is 20.2 Å². The predicted octanol–water partition coefficient (Wildman–Crippen LogP) is 4.33. The van der Waals surface area contributed by atoms with Crippen LogP contribution in [-0.4, -0.2) is 29.1 Å². The molecule has 1 atom stereocenters. The highest BCUT2D eigenvalue weighted by atomic mass is 19.1. The van der Waals surface area contributed by atoms with Gasteiger partial charge in [0.25, 0.3) is 0 Å². The monoisotopic (exact) mass is 369 g/mol. The van der Waals surface area contributed by atoms with E-state index in [0.717, 1.165) is 55.8 Å². The molecule has 144 valence electrons. The largest absolute Gasteiger partial charge is 0.340 e. The van der Waals surface area contributed by atoms with Gasteiger partial charge in [-0.3, -0.25) is 0 Å². The second-order valence-electron chi connectivity index (χ2n) is 7.79. The summed E-state index contributed by atoms with van der Waals surface area (Å²) in [7, 11) is 0. The van der Waals surface area contributed by atoms with Gasteiger partial charge in [0, 0.05) is 31.0 Å². The molecule has 0 bridgehead atoms. The smallest absolute Gasteiger partial charge is 0.227 e. The van der Waals surface area contributed by atoms with Gasteiger partial charge in [0.15, 0.2) is 0 Å². The van der Waals surface area contributed by atoms with E-state index >= 15 is 0 Å². The van der Waals surface area contributed by atoms with Gasteiger partial charge >= 0.3 is 0 Å². The van der Waals surface area contributed by atoms with Crippen molar-refractivity contribution < 1.29 is 4.39 Å². The summed E-state index contributed by atoms with van der Waals surface area (Å²) in [5, 5.41) is 3.33. The summed E-state index contributed by atoms with van der Waals surface area (Å²) in [5.74, 6) is 1.65. The molecule has 1 saturated carbocycles. The quantitative estimate of drug-likeness (QED) is 0.839. The Bertz CT molecular complexity index is 775. The Balaban J connectivity index is 1.51. The highest BCUT2D eigenvalue weighted by Gasteiger charge is 2.20. The Labute approximate surface area is 160 Å². The fraction of sp³-hybridized carbons (Fsp3) is 0.524. The number of benzene rings is 1. The lowest BCUT2D eigenvalue weighted by molar-refractivity contribution is 0.430. The molecule has 2 fully saturated rings. The number of anilines is 3. The number of nitrogens with two attached hydrogens (primary N) is 1. The first-order chi connectivity index (χ1) is 13.2. The van der Waals surface area contributed by atoms with E-state index in [1.807, 2.05) is 12.1 Å². The van der Waals surface area contributed by atoms with Crippen molar-refractivity contribution in [1.82, 2.24) is 9.97 Å². The van der Waals surface area contributed by atoms with Crippen LogP contribution < -0.4 is 16.0 Å². The summed E-state index contributed by atoms with van der Waals surface area (Å²) < 4.78 is 14.4. The fourth-order valence-corrected chi connectivity index (χ4v) is 4.26. The molecule has 3 N–H and O–H groups in total. The maximum atomic E-state index is 14.4. The number of nitrogens with zero attached hydrogens (tertiary/aromatic N) is 3. The molecule has 1 aromatic heterocycles. The first-order valence-electron chi connectivity index (χ1n) is 10.1. The minimum atomic E-state index is -0.0990. The standard InChI is InChI=1S/C21H28FN5/c22-19-9-8-17(13-18(19)15-5-2-1-3-6-15)25-20-10-11-24-21(26-20)27-12-4-7-16(23)14-27/h8-11,13,15-16H,1-7,12,14,23H2,(H,24,25,26)/t16-/m0/s1. The fourth-order valence-electron chi connectivity index (χ4n) is 4.26. The van der Waals surface area contributed by atoms with Gasteiger partial charge in [0.2, 0.25) is 5.95 Å². The van der Waals surface area contributed by atoms with Crippen molar-refractivity contribution in [2.45, 2.75) is 56.9 Å². The molecule has 0 unspecified atom stereocenters. The summed E-state index contributed by atoms with van der Waals surface area (Å²) in [4.78, 5) is 11.2. The Morgan fingerprint density at radius 1 is 1.07 bits per heavy atom. The second-order valence-corrected chi connectivity index (χ2v) is 7.79. The lowest BCUT2D eigenvalue weighted by Crippen LogP contribution is -2.43. The van der Waals surface area contributed by atoms with Gasteiger partial charge in [-0.2, -0.15) is 4.98 Å². The summed E-state index contributed by atoms with van der Waals surface area (Å²) in [6.45, 7) is 1.71. The van der Waals surface area contributed by atoms with Crippen LogP contribution in [0.15, 0.2) is 30.5 Å². The highest BCUT2D eigenvalue weighted by molar-refractivity contribution is 5.58. The lowest BCUT2D eigenvalue weighted by Gasteiger charge is -2.30. The van der Waals surface area contributed by atoms with Crippen molar-refractivity contribution in [3.05, 3.63) is 41.8 Å². The van der Waals surface area contributed by atoms with Crippen molar-refractivity contribution in [2.24, 2.45) is 5.73 Å². The first-order valence-corrected chi connectivity index (χ1v) is 10.1. The lowest BCUT2D eigenvalue weighted by atomic mass is 9.84. The van der Waals surface area contributed by atoms with E-state index in [0.29, 0.717) is 11.9 Å². The number of halogens is 1. The molecule has 1 aliphatic heterocycles. The SMILES string of the molecule is N[C@H]1CCCN(c2nccc(Nc3ccc(F)c(C4CCCCC4)c3)n2)C1. The van der Waals surface area contributed by atoms with Crippen molar-refractivity contribution in [1.29, 1.82) is 0 Å². The Hall–Kier alpha value is -2.21. The molecule has 2 aliphatic rings. The summed E-state index contributed by atoms with van der Waals surface area (Å²) in [5.41, 5.74) is 7.78. The van der Waals surface area contributed by atoms with Crippen LogP contribution in [0.4, 0.5) is 21.8 Å². The maximum absolute atomic E-state index is 14.4. The molecule has 1 aliphatic carbocycles. The van der Waals surface area contributed by atoms with Crippen LogP contribution in [0.25, 0.3) is 0 Å². The average Bonchev–Trinajstić information content (AvgIpc) is 2.70. The van der Waals surface area contributed by atoms with Crippen LogP contribution in [-0.2, 0) is 0 Å². The normalized spacial score (nSPS) is 21.3. The van der Waals surface area contributed by atoms with Gasteiger partial charge in [0.05, 0.1) is 0 Å². The molecular weight excluding hydrogens is 341 g/mol. The van der Waals surface area contributed by atoms with Crippen LogP contribution in [0.1, 0.15) is 56.4 Å². The number of piperidine rings is 1. The molecule has 2 heterocycles. The van der Waals surface area contributed by atoms with Gasteiger partial charge in [-0.15, -0.1) is 0 Å². The molecule has 1 saturated heterocycles. The van der Waals surface area contributed by atoms with E-state index in [-0.39, 0.29) is 11.9 Å². The maximum Gasteiger partial charge on any atom is 0.227 e. The van der Waals surface area contributed by atoms with E-state index in [4.69, 9.17) is 5.73 Å². The van der Waals surface area contributed by atoms with Gasteiger partial charge in [0.1, 0.15) is 11.6 Å². The third kappa shape index (κ3) is 4.38. The summed E-state index contributed by atoms with van der Waals surface area (Å²) >= 11 is 0. The second kappa shape index (κ2) is 8.21. The third-order valence-electron chi connectivity index (χ3n) is 5.70. The van der Waals surface area contributed by atoms with E-state index in [1.54, 1.807) is 18.3 Å². The molecule has 0 radical (unpaired) electrons. The molecule has 27 heavy (non-hydrogen) atoms. The van der Waals surface area contributed by atoms with Crippen LogP contribution in [0.3, 0.4) is 0 Å². The Morgan fingerprint density at radius 2 is 1.93 bits per heavy atom. The van der Waals surface area contributed by atoms with E-state index in [9.17, 15) is 4.39 Å². The topological polar surface area (TPSA) is 67.1 Å². The Kier molecular flexibility index (Phi) is 5.53. The van der Waals surface area contributed by atoms with Gasteiger partial charge in [-0.1, -0.05) is 19.3 Å². The Morgan fingerprint density at radius 3 is 2.74 bits per heavy atom. The third-order valence-corrected chi connectivity index (χ3v) is 5.70. The molecule has 0 spiro atoms. The molecule has 0 amide bonds. The average molecular weight is 369 g/mol. The number of rotatable bonds is 4. The molecule has 4 rings (SSSR count). The number of aromatic nitrogens is 2. The van der Waals surface area contributed by atoms with Gasteiger partial charge < -0.3 is 16.0 Å². The summed E-state index contributed by atoms with van der Waals surface area (Å²) in [6.07, 6.45) is 9.67. The van der Waals surface area contributed by atoms with Crippen LogP contribution in [0.2, 0.25) is 0 Å². The van der Waals surface area contributed by atoms with Crippen LogP contribution in [0, 0.1) is 5.82 Å². The van der Waals surface area contributed by atoms with Crippen LogP contribution in [0.5, 0.6) is 0 Å². The van der Waals surface area contributed by atoms with Crippen LogP contribution >= 0.6 is 0 Å². The predicted molar refractivity (Wildman–Crippen MR) is 107 cm³/mol. The zero-order valence-electron chi connectivity index (χ0n) is 15.7. The molecule has 2 aromatic rings. The van der Waals surface area contributed by atoms with Gasteiger partial charge in [-0.25, -0.2) is 9.37 Å². The number of hydrogen-bond acceptors (Lipinski definition) is 5. The zero-order valence-corrected chi connectivity index (χ0v) is 15.7. The van der Waals surface area contributed by atoms with Crippen molar-refractivity contribution in [3.8, 4) is 0 Å². The minimum Gasteiger partial charge on any atom is -0.340 e. The zero-order chi connectivity index (χ0) is 18.6. The molecule has 6 heteroatoms. The number of hydrogen-bond donors (Lipinski definition) is 2. The molecular formula is C21H28FN5. The van der Waals surface area contributed by atoms with Gasteiger partial charge in [-0.05, 0) is 61.4 Å². The minimum absolute atomic E-state index is 0.0990. The van der Waals surface area contributed by atoms with Crippen molar-refractivity contribution >= 4 is 17.5 Å². The molecule has 5 nitrogen and oxygen atoms in total.